The van der Waals surface area contributed by atoms with Crippen molar-refractivity contribution in [1.29, 1.82) is 0 Å². The second-order valence-corrected chi connectivity index (χ2v) is 2.97. The van der Waals surface area contributed by atoms with Gasteiger partial charge in [-0.25, -0.2) is 4.79 Å². The average Bonchev–Trinajstić information content (AvgIpc) is 2.60. The van der Waals surface area contributed by atoms with Gasteiger partial charge >= 0.3 is 5.97 Å². The highest BCUT2D eigenvalue weighted by atomic mass is 16.4. The highest BCUT2D eigenvalue weighted by molar-refractivity contribution is 5.91. The lowest BCUT2D eigenvalue weighted by atomic mass is 10.3. The molecule has 0 radical (unpaired) electrons. The number of hydrogen-bond donors (Lipinski definition) is 3. The van der Waals surface area contributed by atoms with Crippen LogP contribution in [-0.2, 0) is 4.79 Å². The number of aliphatic hydroxyl groups excluding tert-OH is 1. The van der Waals surface area contributed by atoms with E-state index in [4.69, 9.17) is 14.6 Å². The van der Waals surface area contributed by atoms with Crippen LogP contribution in [0.5, 0.6) is 0 Å². The first kappa shape index (κ1) is 11.3. The molecule has 1 atom stereocenters. The van der Waals surface area contributed by atoms with E-state index in [2.05, 4.69) is 5.32 Å². The summed E-state index contributed by atoms with van der Waals surface area (Å²) in [6.45, 7) is 1.33. The maximum absolute atomic E-state index is 11.3. The summed E-state index contributed by atoms with van der Waals surface area (Å²) in [4.78, 5) is 21.5. The fourth-order valence-corrected chi connectivity index (χ4v) is 0.920. The Balaban J connectivity index is 2.47. The minimum Gasteiger partial charge on any atom is -0.479 e. The third-order valence-corrected chi connectivity index (χ3v) is 1.71. The SMILES string of the molecule is Cc1ccc(C(=O)NC[C@H](O)C(=O)O)o1. The first-order valence-corrected chi connectivity index (χ1v) is 4.26. The predicted molar refractivity (Wildman–Crippen MR) is 49.4 cm³/mol. The first-order chi connectivity index (χ1) is 7.00. The van der Waals surface area contributed by atoms with Gasteiger partial charge in [0.2, 0.25) is 0 Å². The number of aliphatic carboxylic acids is 1. The van der Waals surface area contributed by atoms with Gasteiger partial charge in [-0.15, -0.1) is 0 Å². The number of amides is 1. The summed E-state index contributed by atoms with van der Waals surface area (Å²) in [6, 6.07) is 3.08. The molecule has 0 aliphatic rings. The van der Waals surface area contributed by atoms with Crippen molar-refractivity contribution in [2.75, 3.05) is 6.54 Å². The summed E-state index contributed by atoms with van der Waals surface area (Å²) in [6.07, 6.45) is -1.61. The third-order valence-electron chi connectivity index (χ3n) is 1.71. The van der Waals surface area contributed by atoms with Gasteiger partial charge in [-0.1, -0.05) is 0 Å². The molecule has 0 aromatic carbocycles. The van der Waals surface area contributed by atoms with E-state index in [9.17, 15) is 9.59 Å². The Bertz CT molecular complexity index is 370. The fraction of sp³-hybridized carbons (Fsp3) is 0.333. The summed E-state index contributed by atoms with van der Waals surface area (Å²) in [5.74, 6) is -1.27. The molecule has 0 spiro atoms. The van der Waals surface area contributed by atoms with Gasteiger partial charge < -0.3 is 19.9 Å². The third kappa shape index (κ3) is 3.10. The van der Waals surface area contributed by atoms with Gasteiger partial charge in [0.05, 0.1) is 6.54 Å². The van der Waals surface area contributed by atoms with Crippen LogP contribution in [0.15, 0.2) is 16.5 Å². The maximum atomic E-state index is 11.3. The zero-order valence-corrected chi connectivity index (χ0v) is 8.06. The topological polar surface area (TPSA) is 99.8 Å². The number of carbonyl (C=O) groups excluding carboxylic acids is 1. The minimum absolute atomic E-state index is 0.0880. The molecule has 15 heavy (non-hydrogen) atoms. The quantitative estimate of drug-likeness (QED) is 0.641. The summed E-state index contributed by atoms with van der Waals surface area (Å²) in [5.41, 5.74) is 0. The Morgan fingerprint density at radius 1 is 1.53 bits per heavy atom. The summed E-state index contributed by atoms with van der Waals surface area (Å²) >= 11 is 0. The van der Waals surface area contributed by atoms with Crippen LogP contribution in [-0.4, -0.2) is 34.7 Å². The van der Waals surface area contributed by atoms with Crippen molar-refractivity contribution in [1.82, 2.24) is 5.32 Å². The van der Waals surface area contributed by atoms with Crippen molar-refractivity contribution in [2.24, 2.45) is 0 Å². The highest BCUT2D eigenvalue weighted by Crippen LogP contribution is 2.05. The minimum atomic E-state index is -1.61. The smallest absolute Gasteiger partial charge is 0.334 e. The lowest BCUT2D eigenvalue weighted by molar-refractivity contribution is -0.146. The molecule has 1 heterocycles. The number of rotatable bonds is 4. The van der Waals surface area contributed by atoms with Crippen molar-refractivity contribution in [3.63, 3.8) is 0 Å². The molecule has 1 aromatic heterocycles. The number of carboxylic acids is 1. The number of carbonyl (C=O) groups is 2. The monoisotopic (exact) mass is 213 g/mol. The Morgan fingerprint density at radius 2 is 2.20 bits per heavy atom. The van der Waals surface area contributed by atoms with Gasteiger partial charge in [-0.05, 0) is 19.1 Å². The summed E-state index contributed by atoms with van der Waals surface area (Å²) < 4.78 is 5.00. The second-order valence-electron chi connectivity index (χ2n) is 2.97. The normalized spacial score (nSPS) is 12.1. The van der Waals surface area contributed by atoms with Crippen LogP contribution in [0.25, 0.3) is 0 Å². The Morgan fingerprint density at radius 3 is 2.67 bits per heavy atom. The number of furan rings is 1. The van der Waals surface area contributed by atoms with E-state index in [1.165, 1.54) is 6.07 Å². The molecule has 1 amide bonds. The van der Waals surface area contributed by atoms with E-state index >= 15 is 0 Å². The fourth-order valence-electron chi connectivity index (χ4n) is 0.920. The van der Waals surface area contributed by atoms with Gasteiger partial charge in [0.25, 0.3) is 5.91 Å². The van der Waals surface area contributed by atoms with Crippen LogP contribution in [0.3, 0.4) is 0 Å². The van der Waals surface area contributed by atoms with Gasteiger partial charge in [0.15, 0.2) is 11.9 Å². The van der Waals surface area contributed by atoms with Crippen LogP contribution in [0, 0.1) is 6.92 Å². The van der Waals surface area contributed by atoms with Crippen molar-refractivity contribution in [2.45, 2.75) is 13.0 Å². The molecule has 0 saturated heterocycles. The van der Waals surface area contributed by atoms with Crippen LogP contribution < -0.4 is 5.32 Å². The maximum Gasteiger partial charge on any atom is 0.334 e. The van der Waals surface area contributed by atoms with Gasteiger partial charge in [0, 0.05) is 0 Å². The molecular weight excluding hydrogens is 202 g/mol. The molecule has 0 aliphatic carbocycles. The van der Waals surface area contributed by atoms with Gasteiger partial charge in [0.1, 0.15) is 5.76 Å². The van der Waals surface area contributed by atoms with Crippen molar-refractivity contribution >= 4 is 11.9 Å². The Labute approximate surface area is 85.5 Å². The van der Waals surface area contributed by atoms with E-state index < -0.39 is 18.0 Å². The van der Waals surface area contributed by atoms with E-state index in [-0.39, 0.29) is 12.3 Å². The number of carboxylic acid groups (broad SMARTS) is 1. The standard InChI is InChI=1S/C9H11NO5/c1-5-2-3-7(15-5)8(12)10-4-6(11)9(13)14/h2-3,6,11H,4H2,1H3,(H,10,12)(H,13,14)/t6-/m0/s1. The number of hydrogen-bond acceptors (Lipinski definition) is 4. The molecule has 1 aromatic rings. The van der Waals surface area contributed by atoms with Gasteiger partial charge in [-0.2, -0.15) is 0 Å². The average molecular weight is 213 g/mol. The highest BCUT2D eigenvalue weighted by Gasteiger charge is 2.16. The van der Waals surface area contributed by atoms with Crippen LogP contribution in [0.2, 0.25) is 0 Å². The van der Waals surface area contributed by atoms with E-state index in [1.807, 2.05) is 0 Å². The van der Waals surface area contributed by atoms with Crippen LogP contribution in [0.1, 0.15) is 16.3 Å². The molecule has 3 N–H and O–H groups in total. The lowest BCUT2D eigenvalue weighted by Crippen LogP contribution is -2.36. The summed E-state index contributed by atoms with van der Waals surface area (Å²) in [5, 5.41) is 19.5. The molecule has 82 valence electrons. The zero-order chi connectivity index (χ0) is 11.4. The molecule has 0 unspecified atom stereocenters. The molecular formula is C9H11NO5. The van der Waals surface area contributed by atoms with Gasteiger partial charge in [-0.3, -0.25) is 4.79 Å². The molecule has 0 aliphatic heterocycles. The molecule has 6 heteroatoms. The van der Waals surface area contributed by atoms with Crippen molar-refractivity contribution in [3.8, 4) is 0 Å². The number of aliphatic hydroxyl groups is 1. The zero-order valence-electron chi connectivity index (χ0n) is 8.06. The number of aryl methyl sites for hydroxylation is 1. The lowest BCUT2D eigenvalue weighted by Gasteiger charge is -2.05. The second kappa shape index (κ2) is 4.61. The molecule has 0 bridgehead atoms. The van der Waals surface area contributed by atoms with Crippen LogP contribution in [0.4, 0.5) is 0 Å². The molecule has 0 saturated carbocycles. The number of nitrogens with one attached hydrogen (secondary N) is 1. The van der Waals surface area contributed by atoms with E-state index in [0.717, 1.165) is 0 Å². The Hall–Kier alpha value is -1.82. The molecule has 6 nitrogen and oxygen atoms in total. The summed E-state index contributed by atoms with van der Waals surface area (Å²) in [7, 11) is 0. The van der Waals surface area contributed by atoms with E-state index in [1.54, 1.807) is 13.0 Å². The first-order valence-electron chi connectivity index (χ1n) is 4.26. The molecule has 1 rings (SSSR count). The molecule has 0 fully saturated rings. The largest absolute Gasteiger partial charge is 0.479 e. The van der Waals surface area contributed by atoms with E-state index in [0.29, 0.717) is 5.76 Å². The Kier molecular flexibility index (Phi) is 3.46. The predicted octanol–water partition coefficient (Wildman–Crippen LogP) is -0.237. The van der Waals surface area contributed by atoms with Crippen molar-refractivity contribution < 1.29 is 24.2 Å². The van der Waals surface area contributed by atoms with Crippen molar-refractivity contribution in [3.05, 3.63) is 23.7 Å². The van der Waals surface area contributed by atoms with Crippen LogP contribution >= 0.6 is 0 Å².